The van der Waals surface area contributed by atoms with E-state index in [0.29, 0.717) is 43.8 Å². The van der Waals surface area contributed by atoms with Crippen molar-refractivity contribution >= 4 is 23.6 Å². The summed E-state index contributed by atoms with van der Waals surface area (Å²) in [6, 6.07) is 0. The van der Waals surface area contributed by atoms with Crippen molar-refractivity contribution in [1.29, 1.82) is 0 Å². The van der Waals surface area contributed by atoms with Gasteiger partial charge in [0.05, 0.1) is 5.75 Å². The van der Waals surface area contributed by atoms with Gasteiger partial charge < -0.3 is 9.80 Å². The Labute approximate surface area is 126 Å². The zero-order chi connectivity index (χ0) is 14.9. The number of piperazine rings is 1. The van der Waals surface area contributed by atoms with Gasteiger partial charge in [-0.1, -0.05) is 27.7 Å². The molecule has 5 heteroatoms. The number of nitrogens with zero attached hydrogens (tertiary/aromatic N) is 2. The fourth-order valence-electron chi connectivity index (χ4n) is 2.45. The minimum Gasteiger partial charge on any atom is -0.339 e. The van der Waals surface area contributed by atoms with E-state index in [0.717, 1.165) is 6.42 Å². The van der Waals surface area contributed by atoms with Crippen molar-refractivity contribution < 1.29 is 9.59 Å². The standard InChI is InChI=1S/C15H26N2O2S/c1-11-9-12(11)14(19)17-7-5-16(6-8-17)13(18)10-20-15(2,3)4/h11-12H,5-10H2,1-4H3/t11-,12+/m0/s1. The molecule has 2 amide bonds. The zero-order valence-electron chi connectivity index (χ0n) is 13.0. The van der Waals surface area contributed by atoms with Gasteiger partial charge in [0.25, 0.3) is 0 Å². The van der Waals surface area contributed by atoms with Crippen LogP contribution in [0.5, 0.6) is 0 Å². The highest BCUT2D eigenvalue weighted by Gasteiger charge is 2.42. The minimum atomic E-state index is 0.121. The smallest absolute Gasteiger partial charge is 0.232 e. The topological polar surface area (TPSA) is 40.6 Å². The number of carbonyl (C=O) groups excluding carboxylic acids is 2. The number of carbonyl (C=O) groups is 2. The first kappa shape index (κ1) is 15.7. The van der Waals surface area contributed by atoms with E-state index in [-0.39, 0.29) is 16.6 Å². The second-order valence-electron chi connectivity index (χ2n) is 6.93. The van der Waals surface area contributed by atoms with Crippen molar-refractivity contribution in [2.24, 2.45) is 11.8 Å². The first-order chi connectivity index (χ1) is 9.28. The highest BCUT2D eigenvalue weighted by Crippen LogP contribution is 2.39. The second-order valence-corrected chi connectivity index (χ2v) is 8.73. The Morgan fingerprint density at radius 2 is 1.60 bits per heavy atom. The van der Waals surface area contributed by atoms with Gasteiger partial charge in [-0.25, -0.2) is 0 Å². The molecule has 0 N–H and O–H groups in total. The van der Waals surface area contributed by atoms with Crippen LogP contribution >= 0.6 is 11.8 Å². The van der Waals surface area contributed by atoms with Crippen LogP contribution in [0, 0.1) is 11.8 Å². The molecule has 0 aromatic carbocycles. The first-order valence-electron chi connectivity index (χ1n) is 7.48. The van der Waals surface area contributed by atoms with E-state index in [1.54, 1.807) is 11.8 Å². The van der Waals surface area contributed by atoms with Crippen LogP contribution in [0.4, 0.5) is 0 Å². The number of thioether (sulfide) groups is 1. The maximum Gasteiger partial charge on any atom is 0.232 e. The van der Waals surface area contributed by atoms with Crippen LogP contribution in [0.3, 0.4) is 0 Å². The van der Waals surface area contributed by atoms with Gasteiger partial charge in [-0.2, -0.15) is 0 Å². The van der Waals surface area contributed by atoms with E-state index in [9.17, 15) is 9.59 Å². The molecule has 1 aliphatic carbocycles. The lowest BCUT2D eigenvalue weighted by Crippen LogP contribution is -2.51. The lowest BCUT2D eigenvalue weighted by atomic mass is 10.2. The van der Waals surface area contributed by atoms with Gasteiger partial charge in [0, 0.05) is 36.8 Å². The Balaban J connectivity index is 1.73. The van der Waals surface area contributed by atoms with Crippen molar-refractivity contribution in [3.05, 3.63) is 0 Å². The quantitative estimate of drug-likeness (QED) is 0.798. The Morgan fingerprint density at radius 1 is 1.10 bits per heavy atom. The Bertz CT molecular complexity index is 384. The van der Waals surface area contributed by atoms with E-state index in [1.165, 1.54) is 0 Å². The molecule has 1 heterocycles. The summed E-state index contributed by atoms with van der Waals surface area (Å²) in [6.45, 7) is 11.3. The molecule has 2 aliphatic rings. The van der Waals surface area contributed by atoms with Crippen molar-refractivity contribution in [1.82, 2.24) is 9.80 Å². The fraction of sp³-hybridized carbons (Fsp3) is 0.867. The SMILES string of the molecule is C[C@H]1C[C@H]1C(=O)N1CCN(C(=O)CSC(C)(C)C)CC1. The van der Waals surface area contributed by atoms with Crippen molar-refractivity contribution in [3.63, 3.8) is 0 Å². The van der Waals surface area contributed by atoms with E-state index in [2.05, 4.69) is 27.7 Å². The Morgan fingerprint density at radius 3 is 2.05 bits per heavy atom. The van der Waals surface area contributed by atoms with Gasteiger partial charge >= 0.3 is 0 Å². The molecular weight excluding hydrogens is 272 g/mol. The van der Waals surface area contributed by atoms with Crippen LogP contribution in [0.15, 0.2) is 0 Å². The van der Waals surface area contributed by atoms with Crippen LogP contribution in [-0.4, -0.2) is 58.3 Å². The third kappa shape index (κ3) is 4.14. The van der Waals surface area contributed by atoms with E-state index < -0.39 is 0 Å². The van der Waals surface area contributed by atoms with E-state index in [1.807, 2.05) is 9.80 Å². The van der Waals surface area contributed by atoms with Crippen LogP contribution in [0.1, 0.15) is 34.1 Å². The average Bonchev–Trinajstić information content (AvgIpc) is 3.11. The molecule has 0 unspecified atom stereocenters. The normalized spacial score (nSPS) is 26.6. The van der Waals surface area contributed by atoms with Crippen LogP contribution in [0.2, 0.25) is 0 Å². The predicted octanol–water partition coefficient (Wildman–Crippen LogP) is 1.84. The summed E-state index contributed by atoms with van der Waals surface area (Å²) >= 11 is 1.69. The fourth-order valence-corrected chi connectivity index (χ4v) is 3.19. The summed E-state index contributed by atoms with van der Waals surface area (Å²) in [5.41, 5.74) is 0. The highest BCUT2D eigenvalue weighted by atomic mass is 32.2. The third-order valence-corrected chi connectivity index (χ3v) is 5.26. The lowest BCUT2D eigenvalue weighted by molar-refractivity contribution is -0.139. The summed E-state index contributed by atoms with van der Waals surface area (Å²) in [4.78, 5) is 28.1. The molecule has 2 rings (SSSR count). The maximum absolute atomic E-state index is 12.1. The average molecular weight is 298 g/mol. The number of hydrogen-bond acceptors (Lipinski definition) is 3. The van der Waals surface area contributed by atoms with Crippen LogP contribution in [-0.2, 0) is 9.59 Å². The molecule has 2 atom stereocenters. The predicted molar refractivity (Wildman–Crippen MR) is 82.6 cm³/mol. The van der Waals surface area contributed by atoms with E-state index >= 15 is 0 Å². The van der Waals surface area contributed by atoms with Crippen LogP contribution in [0.25, 0.3) is 0 Å². The molecule has 4 nitrogen and oxygen atoms in total. The largest absolute Gasteiger partial charge is 0.339 e. The number of hydrogen-bond donors (Lipinski definition) is 0. The van der Waals surface area contributed by atoms with Gasteiger partial charge in [0.15, 0.2) is 0 Å². The molecular formula is C15H26N2O2S. The van der Waals surface area contributed by atoms with E-state index in [4.69, 9.17) is 0 Å². The molecule has 20 heavy (non-hydrogen) atoms. The summed E-state index contributed by atoms with van der Waals surface area (Å²) in [7, 11) is 0. The lowest BCUT2D eigenvalue weighted by Gasteiger charge is -2.35. The van der Waals surface area contributed by atoms with Gasteiger partial charge in [-0.15, -0.1) is 11.8 Å². The summed E-state index contributed by atoms with van der Waals surface area (Å²) < 4.78 is 0.121. The van der Waals surface area contributed by atoms with Crippen molar-refractivity contribution in [2.75, 3.05) is 31.9 Å². The van der Waals surface area contributed by atoms with Gasteiger partial charge in [0.2, 0.25) is 11.8 Å². The van der Waals surface area contributed by atoms with Gasteiger partial charge in [0.1, 0.15) is 0 Å². The van der Waals surface area contributed by atoms with Crippen molar-refractivity contribution in [2.45, 2.75) is 38.9 Å². The molecule has 114 valence electrons. The van der Waals surface area contributed by atoms with Gasteiger partial charge in [-0.3, -0.25) is 9.59 Å². The van der Waals surface area contributed by atoms with Gasteiger partial charge in [-0.05, 0) is 12.3 Å². The first-order valence-corrected chi connectivity index (χ1v) is 8.47. The molecule has 1 saturated carbocycles. The third-order valence-electron chi connectivity index (χ3n) is 4.00. The molecule has 0 radical (unpaired) electrons. The number of amides is 2. The molecule has 1 saturated heterocycles. The monoisotopic (exact) mass is 298 g/mol. The summed E-state index contributed by atoms with van der Waals surface area (Å²) in [5, 5.41) is 0. The molecule has 0 spiro atoms. The summed E-state index contributed by atoms with van der Waals surface area (Å²) in [5.74, 6) is 1.86. The molecule has 0 aromatic heterocycles. The minimum absolute atomic E-state index is 0.121. The Kier molecular flexibility index (Phi) is 4.67. The Hall–Kier alpha value is -0.710. The summed E-state index contributed by atoms with van der Waals surface area (Å²) in [6.07, 6.45) is 1.04. The molecule has 2 fully saturated rings. The molecule has 0 bridgehead atoms. The van der Waals surface area contributed by atoms with Crippen LogP contribution < -0.4 is 0 Å². The number of rotatable bonds is 3. The maximum atomic E-state index is 12.1. The molecule has 0 aromatic rings. The highest BCUT2D eigenvalue weighted by molar-refractivity contribution is 8.01. The van der Waals surface area contributed by atoms with Crippen molar-refractivity contribution in [3.8, 4) is 0 Å². The second kappa shape index (κ2) is 5.96. The zero-order valence-corrected chi connectivity index (χ0v) is 13.8. The molecule has 1 aliphatic heterocycles.